The number of benzene rings is 1. The van der Waals surface area contributed by atoms with Crippen molar-refractivity contribution >= 4 is 0 Å². The Morgan fingerprint density at radius 1 is 1.28 bits per heavy atom. The van der Waals surface area contributed by atoms with Crippen LogP contribution in [0.5, 0.6) is 11.5 Å². The molecule has 0 saturated heterocycles. The number of nitrogens with zero attached hydrogens (tertiary/aromatic N) is 1. The number of hydrogen-bond acceptors (Lipinski definition) is 5. The van der Waals surface area contributed by atoms with Crippen LogP contribution >= 0.6 is 0 Å². The Hall–Kier alpha value is -2.01. The highest BCUT2D eigenvalue weighted by molar-refractivity contribution is 5.54. The molecule has 5 nitrogen and oxygen atoms in total. The molecule has 2 aliphatic rings. The van der Waals surface area contributed by atoms with Gasteiger partial charge in [0.25, 0.3) is 0 Å². The van der Waals surface area contributed by atoms with Gasteiger partial charge in [0.2, 0.25) is 0 Å². The Labute approximate surface area is 173 Å². The second-order valence-corrected chi connectivity index (χ2v) is 9.80. The minimum Gasteiger partial charge on any atom is -0.508 e. The fraction of sp³-hybridized carbons (Fsp3) is 0.625. The van der Waals surface area contributed by atoms with Gasteiger partial charge in [-0.2, -0.15) is 0 Å². The summed E-state index contributed by atoms with van der Waals surface area (Å²) in [4.78, 5) is 0. The van der Waals surface area contributed by atoms with Gasteiger partial charge < -0.3 is 19.1 Å². The minimum absolute atomic E-state index is 0.159. The van der Waals surface area contributed by atoms with Gasteiger partial charge in [-0.3, -0.25) is 0 Å². The average Bonchev–Trinajstić information content (AvgIpc) is 3.11. The third-order valence-electron chi connectivity index (χ3n) is 6.70. The van der Waals surface area contributed by atoms with Crippen molar-refractivity contribution in [3.05, 3.63) is 40.8 Å². The van der Waals surface area contributed by atoms with Gasteiger partial charge in [-0.1, -0.05) is 32.3 Å². The van der Waals surface area contributed by atoms with Crippen molar-refractivity contribution in [2.45, 2.75) is 77.2 Å². The van der Waals surface area contributed by atoms with E-state index in [1.807, 2.05) is 12.3 Å². The van der Waals surface area contributed by atoms with E-state index in [0.717, 1.165) is 60.5 Å². The molecule has 2 atom stereocenters. The van der Waals surface area contributed by atoms with Gasteiger partial charge in [-0.05, 0) is 44.4 Å². The van der Waals surface area contributed by atoms with Gasteiger partial charge in [0, 0.05) is 41.4 Å². The molecule has 1 aromatic heterocycles. The highest BCUT2D eigenvalue weighted by Gasteiger charge is 2.48. The Morgan fingerprint density at radius 2 is 2.07 bits per heavy atom. The maximum atomic E-state index is 11.1. The van der Waals surface area contributed by atoms with Crippen LogP contribution in [-0.4, -0.2) is 29.1 Å². The molecule has 1 N–H and O–H groups in total. The number of rotatable bonds is 6. The van der Waals surface area contributed by atoms with E-state index < -0.39 is 0 Å². The Kier molecular flexibility index (Phi) is 5.14. The summed E-state index contributed by atoms with van der Waals surface area (Å²) in [7, 11) is 0. The summed E-state index contributed by atoms with van der Waals surface area (Å²) in [5.41, 5.74) is 2.56. The Balaban J connectivity index is 1.67. The molecule has 4 rings (SSSR count). The molecule has 0 fully saturated rings. The van der Waals surface area contributed by atoms with Crippen LogP contribution in [0.3, 0.4) is 0 Å². The molecule has 0 spiro atoms. The number of phenolic OH excluding ortho intramolecular Hbond substituents is 1. The van der Waals surface area contributed by atoms with Gasteiger partial charge in [-0.25, -0.2) is 0 Å². The predicted molar refractivity (Wildman–Crippen MR) is 112 cm³/mol. The molecule has 1 aliphatic carbocycles. The number of ether oxygens (including phenoxy) is 2. The molecule has 2 aromatic rings. The molecule has 158 valence electrons. The predicted octanol–water partition coefficient (Wildman–Crippen LogP) is 5.14. The van der Waals surface area contributed by atoms with E-state index in [1.54, 1.807) is 0 Å². The lowest BCUT2D eigenvalue weighted by molar-refractivity contribution is 0.00371. The van der Waals surface area contributed by atoms with Gasteiger partial charge in [0.15, 0.2) is 0 Å². The maximum absolute atomic E-state index is 11.1. The van der Waals surface area contributed by atoms with Crippen LogP contribution in [0.4, 0.5) is 0 Å². The molecule has 0 amide bonds. The summed E-state index contributed by atoms with van der Waals surface area (Å²) in [6.45, 7) is 12.1. The van der Waals surface area contributed by atoms with Crippen LogP contribution < -0.4 is 4.74 Å². The van der Waals surface area contributed by atoms with Crippen molar-refractivity contribution in [3.8, 4) is 11.5 Å². The molecule has 1 aliphatic heterocycles. The SMILES string of the molecule is CCCCOCC(C)(C)c1cc(O)c2c(c1)OC(C)(C)[C@@H]1Cc3cnoc3C[C@@H]21. The summed E-state index contributed by atoms with van der Waals surface area (Å²) in [6.07, 6.45) is 5.61. The summed E-state index contributed by atoms with van der Waals surface area (Å²) in [5.74, 6) is 2.46. The lowest BCUT2D eigenvalue weighted by atomic mass is 9.66. The monoisotopic (exact) mass is 399 g/mol. The first-order chi connectivity index (χ1) is 13.7. The van der Waals surface area contributed by atoms with Crippen LogP contribution in [0, 0.1) is 5.92 Å². The quantitative estimate of drug-likeness (QED) is 0.681. The molecule has 2 heterocycles. The molecular formula is C24H33NO4. The Bertz CT molecular complexity index is 883. The third kappa shape index (κ3) is 3.65. The number of phenols is 1. The van der Waals surface area contributed by atoms with E-state index in [2.05, 4.69) is 45.8 Å². The van der Waals surface area contributed by atoms with Crippen molar-refractivity contribution in [2.75, 3.05) is 13.2 Å². The largest absolute Gasteiger partial charge is 0.508 e. The maximum Gasteiger partial charge on any atom is 0.140 e. The molecule has 0 bridgehead atoms. The van der Waals surface area contributed by atoms with E-state index in [1.165, 1.54) is 0 Å². The Morgan fingerprint density at radius 3 is 2.83 bits per heavy atom. The van der Waals surface area contributed by atoms with Gasteiger partial charge in [-0.15, -0.1) is 0 Å². The number of aromatic nitrogens is 1. The number of fused-ring (bicyclic) bond motifs is 4. The van der Waals surface area contributed by atoms with Crippen molar-refractivity contribution in [2.24, 2.45) is 5.92 Å². The van der Waals surface area contributed by atoms with Crippen LogP contribution in [-0.2, 0) is 23.0 Å². The smallest absolute Gasteiger partial charge is 0.140 e. The molecule has 5 heteroatoms. The second-order valence-electron chi connectivity index (χ2n) is 9.80. The second kappa shape index (κ2) is 7.35. The minimum atomic E-state index is -0.334. The van der Waals surface area contributed by atoms with E-state index in [0.29, 0.717) is 12.4 Å². The lowest BCUT2D eigenvalue weighted by Gasteiger charge is -2.47. The van der Waals surface area contributed by atoms with Gasteiger partial charge in [0.05, 0.1) is 12.8 Å². The first-order valence-corrected chi connectivity index (χ1v) is 10.8. The third-order valence-corrected chi connectivity index (χ3v) is 6.70. The van der Waals surface area contributed by atoms with E-state index in [4.69, 9.17) is 14.0 Å². The molecule has 0 saturated carbocycles. The summed E-state index contributed by atoms with van der Waals surface area (Å²) in [6, 6.07) is 4.00. The topological polar surface area (TPSA) is 64.7 Å². The van der Waals surface area contributed by atoms with Gasteiger partial charge >= 0.3 is 0 Å². The average molecular weight is 400 g/mol. The fourth-order valence-electron chi connectivity index (χ4n) is 4.85. The fourth-order valence-corrected chi connectivity index (χ4v) is 4.85. The number of hydrogen-bond donors (Lipinski definition) is 1. The highest BCUT2D eigenvalue weighted by Crippen LogP contribution is 2.54. The number of aromatic hydroxyl groups is 1. The van der Waals surface area contributed by atoms with Crippen LogP contribution in [0.2, 0.25) is 0 Å². The zero-order valence-corrected chi connectivity index (χ0v) is 18.2. The molecule has 29 heavy (non-hydrogen) atoms. The van der Waals surface area contributed by atoms with Crippen molar-refractivity contribution < 1.29 is 19.1 Å². The van der Waals surface area contributed by atoms with Crippen molar-refractivity contribution in [1.82, 2.24) is 5.16 Å². The first-order valence-electron chi connectivity index (χ1n) is 10.8. The molecular weight excluding hydrogens is 366 g/mol. The lowest BCUT2D eigenvalue weighted by Crippen LogP contribution is -2.47. The summed E-state index contributed by atoms with van der Waals surface area (Å²) >= 11 is 0. The summed E-state index contributed by atoms with van der Waals surface area (Å²) in [5, 5.41) is 15.0. The van der Waals surface area contributed by atoms with Crippen LogP contribution in [0.1, 0.15) is 75.8 Å². The van der Waals surface area contributed by atoms with E-state index in [-0.39, 0.29) is 22.9 Å². The standard InChI is InChI=1S/C24H33NO4/c1-6-7-8-27-14-23(2,3)16-10-19(26)22-17-12-20-15(13-25-29-20)9-18(17)24(4,5)28-21(22)11-16/h10-11,13,17-18,26H,6-9,12,14H2,1-5H3/t17-,18-/m1/s1. The molecule has 0 unspecified atom stereocenters. The number of unbranched alkanes of at least 4 members (excludes halogenated alkanes) is 1. The molecule has 0 radical (unpaired) electrons. The first kappa shape index (κ1) is 20.3. The van der Waals surface area contributed by atoms with Crippen LogP contribution in [0.15, 0.2) is 22.9 Å². The summed E-state index contributed by atoms with van der Waals surface area (Å²) < 4.78 is 17.9. The zero-order valence-electron chi connectivity index (χ0n) is 18.2. The van der Waals surface area contributed by atoms with Gasteiger partial charge in [0.1, 0.15) is 22.9 Å². The van der Waals surface area contributed by atoms with Crippen molar-refractivity contribution in [3.63, 3.8) is 0 Å². The molecule has 1 aromatic carbocycles. The zero-order chi connectivity index (χ0) is 20.8. The van der Waals surface area contributed by atoms with E-state index >= 15 is 0 Å². The highest BCUT2D eigenvalue weighted by atomic mass is 16.5. The van der Waals surface area contributed by atoms with E-state index in [9.17, 15) is 5.11 Å². The van der Waals surface area contributed by atoms with Crippen molar-refractivity contribution in [1.29, 1.82) is 0 Å². The van der Waals surface area contributed by atoms with Crippen LogP contribution in [0.25, 0.3) is 0 Å². The normalized spacial score (nSPS) is 22.4.